The monoisotopic (exact) mass is 294 g/mol. The number of aromatic nitrogens is 2. The fraction of sp³-hybridized carbons (Fsp3) is 0.0714. The average Bonchev–Trinajstić information content (AvgIpc) is 2.70. The molecule has 0 aliphatic heterocycles. The number of aromatic amines is 1. The van der Waals surface area contributed by atoms with Gasteiger partial charge in [0.1, 0.15) is 17.2 Å². The Morgan fingerprint density at radius 2 is 1.70 bits per heavy atom. The van der Waals surface area contributed by atoms with Crippen molar-refractivity contribution in [3.05, 3.63) is 64.2 Å². The second-order valence-corrected chi connectivity index (χ2v) is 4.81. The summed E-state index contributed by atoms with van der Waals surface area (Å²) < 4.78 is 41.7. The summed E-state index contributed by atoms with van der Waals surface area (Å²) in [6, 6.07) is 7.88. The summed E-state index contributed by atoms with van der Waals surface area (Å²) >= 11 is 5.12. The van der Waals surface area contributed by atoms with Crippen LogP contribution < -0.4 is 0 Å². The number of imidazole rings is 1. The first-order valence-corrected chi connectivity index (χ1v) is 6.27. The molecule has 102 valence electrons. The van der Waals surface area contributed by atoms with Crippen LogP contribution in [0.15, 0.2) is 36.4 Å². The molecule has 6 heteroatoms. The molecule has 0 radical (unpaired) electrons. The van der Waals surface area contributed by atoms with Gasteiger partial charge in [-0.15, -0.1) is 0 Å². The topological polar surface area (TPSA) is 20.7 Å². The van der Waals surface area contributed by atoms with Crippen molar-refractivity contribution < 1.29 is 13.2 Å². The normalized spacial score (nSPS) is 11.2. The number of hydrogen-bond acceptors (Lipinski definition) is 1. The third-order valence-corrected chi connectivity index (χ3v) is 3.38. The number of benzene rings is 2. The lowest BCUT2D eigenvalue weighted by atomic mass is 10.2. The lowest BCUT2D eigenvalue weighted by Gasteiger charge is -2.05. The van der Waals surface area contributed by atoms with Crippen LogP contribution in [-0.2, 0) is 6.54 Å². The molecule has 0 aliphatic rings. The molecule has 0 saturated heterocycles. The predicted molar refractivity (Wildman–Crippen MR) is 72.5 cm³/mol. The quantitative estimate of drug-likeness (QED) is 0.704. The molecule has 1 aromatic heterocycles. The summed E-state index contributed by atoms with van der Waals surface area (Å²) in [7, 11) is 0. The van der Waals surface area contributed by atoms with Crippen LogP contribution in [0.4, 0.5) is 13.2 Å². The maximum Gasteiger partial charge on any atom is 0.178 e. The maximum atomic E-state index is 13.7. The van der Waals surface area contributed by atoms with E-state index in [1.54, 1.807) is 16.7 Å². The van der Waals surface area contributed by atoms with Gasteiger partial charge < -0.3 is 9.55 Å². The first-order chi connectivity index (χ1) is 9.54. The molecule has 2 aromatic carbocycles. The van der Waals surface area contributed by atoms with Crippen LogP contribution in [0.25, 0.3) is 11.0 Å². The van der Waals surface area contributed by atoms with Gasteiger partial charge >= 0.3 is 0 Å². The van der Waals surface area contributed by atoms with Crippen molar-refractivity contribution in [2.75, 3.05) is 0 Å². The lowest BCUT2D eigenvalue weighted by molar-refractivity contribution is 0.590. The zero-order valence-corrected chi connectivity index (χ0v) is 11.0. The van der Waals surface area contributed by atoms with E-state index in [1.807, 2.05) is 0 Å². The summed E-state index contributed by atoms with van der Waals surface area (Å²) in [6.07, 6.45) is 0. The van der Waals surface area contributed by atoms with Crippen LogP contribution in [0.5, 0.6) is 0 Å². The summed E-state index contributed by atoms with van der Waals surface area (Å²) in [5, 5.41) is 0. The molecule has 0 fully saturated rings. The van der Waals surface area contributed by atoms with Crippen LogP contribution in [0.1, 0.15) is 5.56 Å². The molecule has 0 bridgehead atoms. The van der Waals surface area contributed by atoms with Crippen molar-refractivity contribution in [2.24, 2.45) is 0 Å². The van der Waals surface area contributed by atoms with E-state index in [9.17, 15) is 13.2 Å². The Hall–Kier alpha value is -2.08. The van der Waals surface area contributed by atoms with Gasteiger partial charge in [-0.25, -0.2) is 13.2 Å². The summed E-state index contributed by atoms with van der Waals surface area (Å²) in [6.45, 7) is 0.308. The van der Waals surface area contributed by atoms with Gasteiger partial charge in [0.05, 0.1) is 12.1 Å². The highest BCUT2D eigenvalue weighted by atomic mass is 32.1. The predicted octanol–water partition coefficient (Wildman–Crippen LogP) is 4.16. The van der Waals surface area contributed by atoms with Crippen LogP contribution in [0.3, 0.4) is 0 Å². The first-order valence-electron chi connectivity index (χ1n) is 5.86. The largest absolute Gasteiger partial charge is 0.328 e. The van der Waals surface area contributed by atoms with Crippen molar-refractivity contribution in [3.63, 3.8) is 0 Å². The van der Waals surface area contributed by atoms with Crippen LogP contribution in [0.2, 0.25) is 0 Å². The van der Waals surface area contributed by atoms with E-state index in [2.05, 4.69) is 4.98 Å². The molecule has 1 N–H and O–H groups in total. The maximum absolute atomic E-state index is 13.7. The molecular weight excluding hydrogens is 285 g/mol. The van der Waals surface area contributed by atoms with E-state index >= 15 is 0 Å². The van der Waals surface area contributed by atoms with E-state index in [1.165, 1.54) is 18.2 Å². The Kier molecular flexibility index (Phi) is 3.10. The highest BCUT2D eigenvalue weighted by Gasteiger charge is 2.11. The van der Waals surface area contributed by atoms with Crippen molar-refractivity contribution in [3.8, 4) is 0 Å². The van der Waals surface area contributed by atoms with Gasteiger partial charge in [0.25, 0.3) is 0 Å². The number of nitrogens with one attached hydrogen (secondary N) is 1. The third kappa shape index (κ3) is 2.22. The van der Waals surface area contributed by atoms with Gasteiger partial charge in [0.2, 0.25) is 0 Å². The number of rotatable bonds is 2. The fourth-order valence-corrected chi connectivity index (χ4v) is 2.37. The smallest absolute Gasteiger partial charge is 0.178 e. The Morgan fingerprint density at radius 1 is 1.00 bits per heavy atom. The number of H-pyrrole nitrogens is 1. The molecule has 2 nitrogen and oxygen atoms in total. The lowest BCUT2D eigenvalue weighted by Crippen LogP contribution is -2.00. The fourth-order valence-electron chi connectivity index (χ4n) is 2.11. The second kappa shape index (κ2) is 4.79. The van der Waals surface area contributed by atoms with Crippen LogP contribution in [0, 0.1) is 22.2 Å². The van der Waals surface area contributed by atoms with E-state index < -0.39 is 11.6 Å². The van der Waals surface area contributed by atoms with Crippen molar-refractivity contribution in [2.45, 2.75) is 6.54 Å². The molecule has 0 amide bonds. The average molecular weight is 294 g/mol. The summed E-state index contributed by atoms with van der Waals surface area (Å²) in [5.41, 5.74) is 1.29. The second-order valence-electron chi connectivity index (χ2n) is 4.42. The van der Waals surface area contributed by atoms with Crippen molar-refractivity contribution in [1.29, 1.82) is 0 Å². The molecule has 0 aliphatic carbocycles. The standard InChI is InChI=1S/C14H9F3N2S/c15-9-3-1-8(2-4-9)7-19-12-6-10(16)5-11(17)13(12)18-14(19)20/h1-6H,7H2,(H,18,20). The van der Waals surface area contributed by atoms with Crippen molar-refractivity contribution in [1.82, 2.24) is 9.55 Å². The Morgan fingerprint density at radius 3 is 2.40 bits per heavy atom. The number of halogens is 3. The molecule has 0 spiro atoms. The minimum Gasteiger partial charge on any atom is -0.328 e. The van der Waals surface area contributed by atoms with E-state index in [4.69, 9.17) is 12.2 Å². The van der Waals surface area contributed by atoms with E-state index in [-0.39, 0.29) is 16.1 Å². The Balaban J connectivity index is 2.13. The van der Waals surface area contributed by atoms with Gasteiger partial charge in [0.15, 0.2) is 10.6 Å². The zero-order chi connectivity index (χ0) is 14.3. The first kappa shape index (κ1) is 12.9. The SMILES string of the molecule is Fc1ccc(Cn2c(=S)[nH]c3c(F)cc(F)cc32)cc1. The summed E-state index contributed by atoms with van der Waals surface area (Å²) in [5.74, 6) is -1.70. The van der Waals surface area contributed by atoms with Crippen LogP contribution >= 0.6 is 12.2 Å². The summed E-state index contributed by atoms with van der Waals surface area (Å²) in [4.78, 5) is 2.72. The van der Waals surface area contributed by atoms with Gasteiger partial charge in [-0.3, -0.25) is 0 Å². The molecule has 3 aromatic rings. The minimum absolute atomic E-state index is 0.165. The highest BCUT2D eigenvalue weighted by Crippen LogP contribution is 2.20. The van der Waals surface area contributed by atoms with Crippen molar-refractivity contribution >= 4 is 23.3 Å². The van der Waals surface area contributed by atoms with Gasteiger partial charge in [-0.2, -0.15) is 0 Å². The molecule has 0 saturated carbocycles. The van der Waals surface area contributed by atoms with Gasteiger partial charge in [-0.1, -0.05) is 12.1 Å². The number of fused-ring (bicyclic) bond motifs is 1. The van der Waals surface area contributed by atoms with E-state index in [0.29, 0.717) is 12.1 Å². The molecule has 20 heavy (non-hydrogen) atoms. The highest BCUT2D eigenvalue weighted by molar-refractivity contribution is 7.71. The van der Waals surface area contributed by atoms with Crippen LogP contribution in [-0.4, -0.2) is 9.55 Å². The third-order valence-electron chi connectivity index (χ3n) is 3.06. The number of nitrogens with zero attached hydrogens (tertiary/aromatic N) is 1. The number of hydrogen-bond donors (Lipinski definition) is 1. The molecule has 3 rings (SSSR count). The van der Waals surface area contributed by atoms with Gasteiger partial charge in [0, 0.05) is 6.07 Å². The minimum atomic E-state index is -0.691. The molecule has 0 unspecified atom stereocenters. The zero-order valence-electron chi connectivity index (χ0n) is 10.2. The molecular formula is C14H9F3N2S. The Bertz CT molecular complexity index is 834. The molecule has 1 heterocycles. The Labute approximate surface area is 117 Å². The van der Waals surface area contributed by atoms with E-state index in [0.717, 1.165) is 11.6 Å². The molecule has 0 atom stereocenters. The van der Waals surface area contributed by atoms with Gasteiger partial charge in [-0.05, 0) is 36.0 Å².